The summed E-state index contributed by atoms with van der Waals surface area (Å²) < 4.78 is 4.97. The lowest BCUT2D eigenvalue weighted by molar-refractivity contribution is -0.136. The first-order valence-corrected chi connectivity index (χ1v) is 9.48. The van der Waals surface area contributed by atoms with Gasteiger partial charge in [-0.2, -0.15) is 0 Å². The Hall–Kier alpha value is -3.37. The third-order valence-electron chi connectivity index (χ3n) is 4.98. The van der Waals surface area contributed by atoms with E-state index in [0.29, 0.717) is 16.3 Å². The van der Waals surface area contributed by atoms with E-state index in [-0.39, 0.29) is 11.5 Å². The van der Waals surface area contributed by atoms with E-state index < -0.39 is 5.97 Å². The minimum absolute atomic E-state index is 0.264. The van der Waals surface area contributed by atoms with E-state index >= 15 is 0 Å². The first-order valence-electron chi connectivity index (χ1n) is 9.10. The molecule has 1 aliphatic heterocycles. The zero-order valence-electron chi connectivity index (χ0n) is 16.0. The molecule has 1 aliphatic rings. The topological polar surface area (TPSA) is 46.6 Å². The maximum atomic E-state index is 13.4. The van der Waals surface area contributed by atoms with Crippen molar-refractivity contribution in [2.24, 2.45) is 0 Å². The highest BCUT2D eigenvalue weighted by Gasteiger charge is 2.38. The van der Waals surface area contributed by atoms with Crippen LogP contribution in [0.2, 0.25) is 5.02 Å². The quantitative estimate of drug-likeness (QED) is 0.436. The zero-order chi connectivity index (χ0) is 20.5. The zero-order valence-corrected chi connectivity index (χ0v) is 16.7. The van der Waals surface area contributed by atoms with Crippen molar-refractivity contribution in [1.29, 1.82) is 0 Å². The van der Waals surface area contributed by atoms with Gasteiger partial charge in [-0.25, -0.2) is 4.79 Å². The number of benzene rings is 3. The summed E-state index contributed by atoms with van der Waals surface area (Å²) in [6.45, 7) is 1.76. The number of esters is 1. The van der Waals surface area contributed by atoms with Gasteiger partial charge >= 0.3 is 5.97 Å². The molecule has 3 aromatic rings. The SMILES string of the molecule is COC(=O)C1=C(C)N(c2cccc3ccccc23)C(=O)/C1=C\c1ccc(Cl)cc1. The van der Waals surface area contributed by atoms with Crippen LogP contribution in [0.25, 0.3) is 16.8 Å². The van der Waals surface area contributed by atoms with Crippen LogP contribution in [0.15, 0.2) is 83.6 Å². The normalized spacial score (nSPS) is 15.5. The molecule has 0 unspecified atom stereocenters. The second-order valence-corrected chi connectivity index (χ2v) is 7.14. The van der Waals surface area contributed by atoms with Gasteiger partial charge in [0.15, 0.2) is 0 Å². The van der Waals surface area contributed by atoms with Crippen LogP contribution in [0.4, 0.5) is 5.69 Å². The number of rotatable bonds is 3. The van der Waals surface area contributed by atoms with E-state index in [1.54, 1.807) is 42.2 Å². The maximum Gasteiger partial charge on any atom is 0.340 e. The van der Waals surface area contributed by atoms with Gasteiger partial charge in [-0.05, 0) is 42.1 Å². The minimum Gasteiger partial charge on any atom is -0.465 e. The van der Waals surface area contributed by atoms with Crippen molar-refractivity contribution in [1.82, 2.24) is 0 Å². The molecule has 144 valence electrons. The van der Waals surface area contributed by atoms with Crippen LogP contribution in [0, 0.1) is 0 Å². The molecule has 0 radical (unpaired) electrons. The first-order chi connectivity index (χ1) is 14.0. The molecule has 0 bridgehead atoms. The number of fused-ring (bicyclic) bond motifs is 1. The van der Waals surface area contributed by atoms with Gasteiger partial charge in [0.2, 0.25) is 0 Å². The van der Waals surface area contributed by atoms with E-state index in [4.69, 9.17) is 16.3 Å². The van der Waals surface area contributed by atoms with Gasteiger partial charge in [-0.1, -0.05) is 60.1 Å². The average Bonchev–Trinajstić information content (AvgIpc) is 2.98. The largest absolute Gasteiger partial charge is 0.465 e. The molecular weight excluding hydrogens is 386 g/mol. The highest BCUT2D eigenvalue weighted by molar-refractivity contribution is 6.30. The highest BCUT2D eigenvalue weighted by atomic mass is 35.5. The minimum atomic E-state index is -0.543. The van der Waals surface area contributed by atoms with Crippen LogP contribution in [-0.2, 0) is 14.3 Å². The Morgan fingerprint density at radius 3 is 2.41 bits per heavy atom. The Balaban J connectivity index is 1.90. The molecule has 0 aliphatic carbocycles. The number of methoxy groups -OCH3 is 1. The van der Waals surface area contributed by atoms with Gasteiger partial charge in [0.25, 0.3) is 5.91 Å². The molecule has 29 heavy (non-hydrogen) atoms. The van der Waals surface area contributed by atoms with Crippen molar-refractivity contribution in [3.8, 4) is 0 Å². The lowest BCUT2D eigenvalue weighted by atomic mass is 10.0. The van der Waals surface area contributed by atoms with Crippen LogP contribution >= 0.6 is 11.6 Å². The Bertz CT molecular complexity index is 1190. The standard InChI is InChI=1S/C24H18ClNO3/c1-15-22(24(28)29-2)20(14-16-10-12-18(25)13-11-16)23(27)26(15)21-9-5-7-17-6-3-4-8-19(17)21/h3-14H,1-2H3/b20-14-. The number of hydrogen-bond acceptors (Lipinski definition) is 3. The first kappa shape index (κ1) is 19.0. The van der Waals surface area contributed by atoms with Gasteiger partial charge < -0.3 is 4.74 Å². The fourth-order valence-corrected chi connectivity index (χ4v) is 3.73. The lowest BCUT2D eigenvalue weighted by Crippen LogP contribution is -2.24. The third-order valence-corrected chi connectivity index (χ3v) is 5.23. The molecule has 4 nitrogen and oxygen atoms in total. The van der Waals surface area contributed by atoms with E-state index in [9.17, 15) is 9.59 Å². The summed E-state index contributed by atoms with van der Waals surface area (Å²) in [5, 5.41) is 2.54. The smallest absolute Gasteiger partial charge is 0.340 e. The predicted molar refractivity (Wildman–Crippen MR) is 116 cm³/mol. The number of allylic oxidation sites excluding steroid dienone is 1. The van der Waals surface area contributed by atoms with Crippen molar-refractivity contribution in [3.63, 3.8) is 0 Å². The summed E-state index contributed by atoms with van der Waals surface area (Å²) in [5.41, 5.74) is 2.60. The van der Waals surface area contributed by atoms with Crippen molar-refractivity contribution in [3.05, 3.63) is 94.2 Å². The molecule has 0 aromatic heterocycles. The summed E-state index contributed by atoms with van der Waals surface area (Å²) in [4.78, 5) is 27.6. The van der Waals surface area contributed by atoms with Gasteiger partial charge in [0.1, 0.15) is 0 Å². The Kier molecular flexibility index (Phi) is 4.95. The summed E-state index contributed by atoms with van der Waals surface area (Å²) >= 11 is 5.96. The lowest BCUT2D eigenvalue weighted by Gasteiger charge is -2.20. The molecule has 0 saturated carbocycles. The molecular formula is C24H18ClNO3. The molecule has 0 saturated heterocycles. The van der Waals surface area contributed by atoms with Gasteiger partial charge in [0, 0.05) is 16.1 Å². The Morgan fingerprint density at radius 2 is 1.69 bits per heavy atom. The average molecular weight is 404 g/mol. The molecule has 0 N–H and O–H groups in total. The second-order valence-electron chi connectivity index (χ2n) is 6.70. The molecule has 3 aromatic carbocycles. The van der Waals surface area contributed by atoms with E-state index in [1.807, 2.05) is 42.5 Å². The van der Waals surface area contributed by atoms with E-state index in [1.165, 1.54) is 7.11 Å². The summed E-state index contributed by atoms with van der Waals surface area (Å²) in [7, 11) is 1.31. The fourth-order valence-electron chi connectivity index (χ4n) is 3.60. The molecule has 0 spiro atoms. The van der Waals surface area contributed by atoms with Crippen LogP contribution in [0.5, 0.6) is 0 Å². The second kappa shape index (κ2) is 7.57. The number of carbonyl (C=O) groups excluding carboxylic acids is 2. The number of anilines is 1. The number of hydrogen-bond donors (Lipinski definition) is 0. The summed E-state index contributed by atoms with van der Waals surface area (Å²) in [6.07, 6.45) is 1.69. The number of halogens is 1. The van der Waals surface area contributed by atoms with Gasteiger partial charge in [-0.15, -0.1) is 0 Å². The Morgan fingerprint density at radius 1 is 1.00 bits per heavy atom. The van der Waals surface area contributed by atoms with Crippen molar-refractivity contribution in [2.75, 3.05) is 12.0 Å². The van der Waals surface area contributed by atoms with Crippen LogP contribution in [0.1, 0.15) is 12.5 Å². The molecule has 1 heterocycles. The van der Waals surface area contributed by atoms with Crippen molar-refractivity contribution < 1.29 is 14.3 Å². The predicted octanol–water partition coefficient (Wildman–Crippen LogP) is 5.37. The molecule has 4 rings (SSSR count). The molecule has 0 fully saturated rings. The highest BCUT2D eigenvalue weighted by Crippen LogP contribution is 2.38. The van der Waals surface area contributed by atoms with Crippen LogP contribution in [-0.4, -0.2) is 19.0 Å². The number of carbonyl (C=O) groups is 2. The molecule has 0 atom stereocenters. The van der Waals surface area contributed by atoms with Crippen LogP contribution in [0.3, 0.4) is 0 Å². The van der Waals surface area contributed by atoms with E-state index in [2.05, 4.69) is 0 Å². The van der Waals surface area contributed by atoms with Crippen molar-refractivity contribution in [2.45, 2.75) is 6.92 Å². The maximum absolute atomic E-state index is 13.4. The molecule has 5 heteroatoms. The van der Waals surface area contributed by atoms with Gasteiger partial charge in [0.05, 0.1) is 23.9 Å². The number of ether oxygens (including phenoxy) is 1. The number of nitrogens with zero attached hydrogens (tertiary/aromatic N) is 1. The monoisotopic (exact) mass is 403 g/mol. The Labute approximate surface area is 173 Å². The third kappa shape index (κ3) is 3.32. The van der Waals surface area contributed by atoms with Crippen LogP contribution < -0.4 is 4.90 Å². The van der Waals surface area contributed by atoms with Gasteiger partial charge in [-0.3, -0.25) is 9.69 Å². The molecule has 1 amide bonds. The van der Waals surface area contributed by atoms with E-state index in [0.717, 1.165) is 22.0 Å². The number of amides is 1. The summed E-state index contributed by atoms with van der Waals surface area (Å²) in [5.74, 6) is -0.812. The van der Waals surface area contributed by atoms with Crippen molar-refractivity contribution >= 4 is 46.0 Å². The fraction of sp³-hybridized carbons (Fsp3) is 0.0833. The summed E-state index contributed by atoms with van der Waals surface area (Å²) in [6, 6.07) is 20.7.